The number of aromatic nitrogens is 2. The highest BCUT2D eigenvalue weighted by atomic mass is 16.5. The van der Waals surface area contributed by atoms with E-state index >= 15 is 0 Å². The summed E-state index contributed by atoms with van der Waals surface area (Å²) in [4.78, 5) is 15.4. The highest BCUT2D eigenvalue weighted by Crippen LogP contribution is 2.05. The van der Waals surface area contributed by atoms with Crippen LogP contribution in [0.3, 0.4) is 0 Å². The molecule has 0 spiro atoms. The van der Waals surface area contributed by atoms with Crippen molar-refractivity contribution in [3.8, 4) is 0 Å². The number of imidazole rings is 1. The maximum atomic E-state index is 11.3. The second kappa shape index (κ2) is 5.34. The normalized spacial score (nSPS) is 11.5. The third-order valence-corrected chi connectivity index (χ3v) is 2.29. The van der Waals surface area contributed by atoms with E-state index in [0.29, 0.717) is 18.5 Å². The fourth-order valence-corrected chi connectivity index (χ4v) is 1.31. The summed E-state index contributed by atoms with van der Waals surface area (Å²) >= 11 is 0. The van der Waals surface area contributed by atoms with Crippen LogP contribution >= 0.6 is 0 Å². The Morgan fingerprint density at radius 2 is 2.40 bits per heavy atom. The van der Waals surface area contributed by atoms with Crippen LogP contribution in [0.1, 0.15) is 19.2 Å². The number of carbonyl (C=O) groups is 1. The molecule has 0 unspecified atom stereocenters. The number of ether oxygens (including phenoxy) is 1. The number of aryl methyl sites for hydroxylation is 1. The van der Waals surface area contributed by atoms with E-state index < -0.39 is 0 Å². The number of carbonyl (C=O) groups excluding carboxylic acids is 1. The van der Waals surface area contributed by atoms with Gasteiger partial charge >= 0.3 is 5.97 Å². The number of allylic oxidation sites excluding steroid dienone is 1. The van der Waals surface area contributed by atoms with E-state index in [1.165, 1.54) is 7.11 Å². The van der Waals surface area contributed by atoms with Crippen molar-refractivity contribution in [2.45, 2.75) is 26.8 Å². The first-order valence-electron chi connectivity index (χ1n) is 4.94. The summed E-state index contributed by atoms with van der Waals surface area (Å²) in [6, 6.07) is 0. The van der Waals surface area contributed by atoms with Crippen molar-refractivity contribution in [2.75, 3.05) is 7.11 Å². The van der Waals surface area contributed by atoms with Crippen LogP contribution in [0.4, 0.5) is 0 Å². The fraction of sp³-hybridized carbons (Fsp3) is 0.455. The zero-order valence-electron chi connectivity index (χ0n) is 9.36. The van der Waals surface area contributed by atoms with Crippen molar-refractivity contribution in [2.24, 2.45) is 0 Å². The molecule has 82 valence electrons. The van der Waals surface area contributed by atoms with Crippen LogP contribution in [-0.4, -0.2) is 22.6 Å². The summed E-state index contributed by atoms with van der Waals surface area (Å²) in [7, 11) is 1.40. The zero-order valence-corrected chi connectivity index (χ0v) is 9.36. The second-order valence-electron chi connectivity index (χ2n) is 3.20. The van der Waals surface area contributed by atoms with Gasteiger partial charge in [0, 0.05) is 24.5 Å². The summed E-state index contributed by atoms with van der Waals surface area (Å²) in [6.07, 6.45) is 6.18. The minimum Gasteiger partial charge on any atom is -0.466 e. The molecule has 1 aromatic heterocycles. The molecule has 0 N–H and O–H groups in total. The van der Waals surface area contributed by atoms with E-state index in [-0.39, 0.29) is 5.97 Å². The van der Waals surface area contributed by atoms with Gasteiger partial charge in [0.25, 0.3) is 0 Å². The largest absolute Gasteiger partial charge is 0.466 e. The van der Waals surface area contributed by atoms with Crippen LogP contribution in [0.15, 0.2) is 24.0 Å². The van der Waals surface area contributed by atoms with Gasteiger partial charge in [-0.15, -0.1) is 0 Å². The minimum absolute atomic E-state index is 0.254. The molecular formula is C11H16N2O2. The molecule has 0 aromatic carbocycles. The number of nitrogens with zero attached hydrogens (tertiary/aromatic N) is 2. The van der Waals surface area contributed by atoms with Crippen molar-refractivity contribution >= 4 is 5.97 Å². The van der Waals surface area contributed by atoms with Crippen LogP contribution in [0, 0.1) is 6.92 Å². The lowest BCUT2D eigenvalue weighted by Gasteiger charge is -2.04. The fourth-order valence-electron chi connectivity index (χ4n) is 1.31. The molecule has 0 aliphatic heterocycles. The molecule has 4 nitrogen and oxygen atoms in total. The van der Waals surface area contributed by atoms with Crippen molar-refractivity contribution in [3.63, 3.8) is 0 Å². The van der Waals surface area contributed by atoms with Crippen LogP contribution < -0.4 is 0 Å². The van der Waals surface area contributed by atoms with Gasteiger partial charge in [0.2, 0.25) is 0 Å². The van der Waals surface area contributed by atoms with E-state index in [4.69, 9.17) is 0 Å². The molecular weight excluding hydrogens is 192 g/mol. The average Bonchev–Trinajstić information content (AvgIpc) is 2.65. The van der Waals surface area contributed by atoms with E-state index in [2.05, 4.69) is 9.72 Å². The first-order chi connectivity index (χ1) is 7.19. The lowest BCUT2D eigenvalue weighted by molar-refractivity contribution is -0.136. The summed E-state index contributed by atoms with van der Waals surface area (Å²) in [6.45, 7) is 4.52. The first kappa shape index (κ1) is 11.5. The lowest BCUT2D eigenvalue weighted by atomic mass is 10.2. The number of rotatable bonds is 4. The third kappa shape index (κ3) is 2.94. The van der Waals surface area contributed by atoms with E-state index in [1.807, 2.05) is 30.7 Å². The lowest BCUT2D eigenvalue weighted by Crippen LogP contribution is -2.06. The highest BCUT2D eigenvalue weighted by molar-refractivity contribution is 5.88. The van der Waals surface area contributed by atoms with Gasteiger partial charge in [-0.2, -0.15) is 0 Å². The van der Waals surface area contributed by atoms with Crippen LogP contribution in [-0.2, 0) is 16.1 Å². The molecule has 0 saturated carbocycles. The Bertz CT molecular complexity index is 366. The van der Waals surface area contributed by atoms with Crippen LogP contribution in [0.5, 0.6) is 0 Å². The molecule has 1 heterocycles. The Kier molecular flexibility index (Phi) is 4.09. The van der Waals surface area contributed by atoms with Gasteiger partial charge in [-0.3, -0.25) is 0 Å². The standard InChI is InChI=1S/C11H16N2O2/c1-4-10(11(14)15-3)5-7-13-8-6-12-9(13)2/h5-6,8H,4,7H2,1-3H3. The zero-order chi connectivity index (χ0) is 11.3. The molecule has 0 saturated heterocycles. The summed E-state index contributed by atoms with van der Waals surface area (Å²) in [5, 5.41) is 0. The topological polar surface area (TPSA) is 44.1 Å². The van der Waals surface area contributed by atoms with Gasteiger partial charge < -0.3 is 9.30 Å². The van der Waals surface area contributed by atoms with E-state index in [1.54, 1.807) is 6.20 Å². The van der Waals surface area contributed by atoms with E-state index in [9.17, 15) is 4.79 Å². The predicted octanol–water partition coefficient (Wildman–Crippen LogP) is 1.70. The minimum atomic E-state index is -0.254. The van der Waals surface area contributed by atoms with Gasteiger partial charge in [-0.1, -0.05) is 13.0 Å². The molecule has 0 amide bonds. The Hall–Kier alpha value is -1.58. The Morgan fingerprint density at radius 1 is 1.67 bits per heavy atom. The Morgan fingerprint density at radius 3 is 2.87 bits per heavy atom. The van der Waals surface area contributed by atoms with Gasteiger partial charge in [0.1, 0.15) is 5.82 Å². The maximum absolute atomic E-state index is 11.3. The van der Waals surface area contributed by atoms with Crippen molar-refractivity contribution in [3.05, 3.63) is 29.9 Å². The first-order valence-corrected chi connectivity index (χ1v) is 4.94. The summed E-state index contributed by atoms with van der Waals surface area (Å²) in [5.41, 5.74) is 0.700. The molecule has 0 aliphatic carbocycles. The Balaban J connectivity index is 2.70. The summed E-state index contributed by atoms with van der Waals surface area (Å²) < 4.78 is 6.64. The number of esters is 1. The molecule has 1 rings (SSSR count). The molecule has 0 aliphatic rings. The average molecular weight is 208 g/mol. The van der Waals surface area contributed by atoms with Crippen molar-refractivity contribution in [1.29, 1.82) is 0 Å². The number of hydrogen-bond acceptors (Lipinski definition) is 3. The number of methoxy groups -OCH3 is 1. The van der Waals surface area contributed by atoms with Gasteiger partial charge in [-0.25, -0.2) is 9.78 Å². The molecule has 1 aromatic rings. The molecule has 15 heavy (non-hydrogen) atoms. The molecule has 0 fully saturated rings. The molecule has 0 bridgehead atoms. The smallest absolute Gasteiger partial charge is 0.333 e. The predicted molar refractivity (Wildman–Crippen MR) is 57.4 cm³/mol. The van der Waals surface area contributed by atoms with Gasteiger partial charge in [-0.05, 0) is 13.3 Å². The highest BCUT2D eigenvalue weighted by Gasteiger charge is 2.06. The molecule has 0 atom stereocenters. The van der Waals surface area contributed by atoms with Crippen molar-refractivity contribution < 1.29 is 9.53 Å². The van der Waals surface area contributed by atoms with Crippen LogP contribution in [0.25, 0.3) is 0 Å². The quantitative estimate of drug-likeness (QED) is 0.558. The maximum Gasteiger partial charge on any atom is 0.333 e. The molecule has 4 heteroatoms. The SMILES string of the molecule is CCC(=CCn1ccnc1C)C(=O)OC. The number of hydrogen-bond donors (Lipinski definition) is 0. The monoisotopic (exact) mass is 208 g/mol. The second-order valence-corrected chi connectivity index (χ2v) is 3.20. The third-order valence-electron chi connectivity index (χ3n) is 2.29. The van der Waals surface area contributed by atoms with Crippen LogP contribution in [0.2, 0.25) is 0 Å². The molecule has 0 radical (unpaired) electrons. The Labute approximate surface area is 89.6 Å². The van der Waals surface area contributed by atoms with Gasteiger partial charge in [0.15, 0.2) is 0 Å². The van der Waals surface area contributed by atoms with E-state index in [0.717, 1.165) is 5.82 Å². The van der Waals surface area contributed by atoms with Gasteiger partial charge in [0.05, 0.1) is 7.11 Å². The summed E-state index contributed by atoms with van der Waals surface area (Å²) in [5.74, 6) is 0.682. The van der Waals surface area contributed by atoms with Crippen molar-refractivity contribution in [1.82, 2.24) is 9.55 Å².